The van der Waals surface area contributed by atoms with Crippen molar-refractivity contribution < 1.29 is 4.74 Å². The van der Waals surface area contributed by atoms with Crippen LogP contribution in [-0.4, -0.2) is 0 Å². The summed E-state index contributed by atoms with van der Waals surface area (Å²) in [6, 6.07) is 18.1. The van der Waals surface area contributed by atoms with Crippen LogP contribution in [0.4, 0.5) is 0 Å². The molecule has 140 valence electrons. The largest absolute Gasteiger partial charge is 0.482 e. The van der Waals surface area contributed by atoms with Crippen molar-refractivity contribution in [3.05, 3.63) is 65.2 Å². The summed E-state index contributed by atoms with van der Waals surface area (Å²) in [6.45, 7) is 15.6. The number of hydrogen-bond donors (Lipinski definition) is 0. The first-order valence-corrected chi connectivity index (χ1v) is 9.99. The SMILES string of the molecule is CC(C)c1ccc2c3c(ccc2c1)-c1ccc(C(C)(C)C)cc1OC3(C)C. The third-order valence-corrected chi connectivity index (χ3v) is 5.82. The fraction of sp³-hybridized carbons (Fsp3) is 0.385. The average Bonchev–Trinajstić information content (AvgIpc) is 2.58. The van der Waals surface area contributed by atoms with Gasteiger partial charge in [0.15, 0.2) is 0 Å². The molecule has 3 aromatic rings. The van der Waals surface area contributed by atoms with Crippen molar-refractivity contribution in [2.24, 2.45) is 0 Å². The van der Waals surface area contributed by atoms with Crippen LogP contribution in [0.15, 0.2) is 48.5 Å². The van der Waals surface area contributed by atoms with Crippen molar-refractivity contribution >= 4 is 10.8 Å². The minimum Gasteiger partial charge on any atom is -0.482 e. The normalized spacial score (nSPS) is 15.4. The highest BCUT2D eigenvalue weighted by Gasteiger charge is 2.34. The summed E-state index contributed by atoms with van der Waals surface area (Å²) < 4.78 is 6.57. The monoisotopic (exact) mass is 358 g/mol. The molecule has 1 heterocycles. The maximum Gasteiger partial charge on any atom is 0.130 e. The Balaban J connectivity index is 1.97. The first-order chi connectivity index (χ1) is 12.6. The summed E-state index contributed by atoms with van der Waals surface area (Å²) in [5.41, 5.74) is 6.23. The molecule has 1 heteroatoms. The fourth-order valence-electron chi connectivity index (χ4n) is 4.20. The molecule has 27 heavy (non-hydrogen) atoms. The van der Waals surface area contributed by atoms with Crippen LogP contribution in [0.5, 0.6) is 5.75 Å². The van der Waals surface area contributed by atoms with Crippen molar-refractivity contribution in [2.45, 2.75) is 65.4 Å². The van der Waals surface area contributed by atoms with E-state index in [0.717, 1.165) is 5.75 Å². The van der Waals surface area contributed by atoms with E-state index in [4.69, 9.17) is 4.74 Å². The Morgan fingerprint density at radius 1 is 0.852 bits per heavy atom. The molecule has 0 amide bonds. The second-order valence-corrected chi connectivity index (χ2v) is 9.70. The topological polar surface area (TPSA) is 9.23 Å². The lowest BCUT2D eigenvalue weighted by Crippen LogP contribution is -2.30. The van der Waals surface area contributed by atoms with E-state index in [1.54, 1.807) is 0 Å². The summed E-state index contributed by atoms with van der Waals surface area (Å²) >= 11 is 0. The average molecular weight is 359 g/mol. The summed E-state index contributed by atoms with van der Waals surface area (Å²) in [5, 5.41) is 2.60. The molecular weight excluding hydrogens is 328 g/mol. The minimum atomic E-state index is -0.363. The molecule has 0 N–H and O–H groups in total. The maximum absolute atomic E-state index is 6.57. The molecule has 3 aromatic carbocycles. The van der Waals surface area contributed by atoms with Crippen LogP contribution in [0, 0.1) is 0 Å². The van der Waals surface area contributed by atoms with Gasteiger partial charge in [0.05, 0.1) is 0 Å². The number of benzene rings is 3. The zero-order chi connectivity index (χ0) is 19.6. The Bertz CT molecular complexity index is 1030. The number of rotatable bonds is 1. The van der Waals surface area contributed by atoms with Crippen LogP contribution in [0.25, 0.3) is 21.9 Å². The lowest BCUT2D eigenvalue weighted by molar-refractivity contribution is 0.107. The van der Waals surface area contributed by atoms with E-state index < -0.39 is 0 Å². The molecule has 0 aromatic heterocycles. The molecule has 0 radical (unpaired) electrons. The second-order valence-electron chi connectivity index (χ2n) is 9.70. The predicted octanol–water partition coefficient (Wildman–Crippen LogP) is 7.56. The first kappa shape index (κ1) is 18.1. The van der Waals surface area contributed by atoms with Gasteiger partial charge in [0.1, 0.15) is 11.4 Å². The molecular formula is C26H30O. The van der Waals surface area contributed by atoms with Crippen molar-refractivity contribution in [2.75, 3.05) is 0 Å². The van der Waals surface area contributed by atoms with Crippen LogP contribution in [-0.2, 0) is 11.0 Å². The highest BCUT2D eigenvalue weighted by molar-refractivity contribution is 5.95. The predicted molar refractivity (Wildman–Crippen MR) is 116 cm³/mol. The van der Waals surface area contributed by atoms with Gasteiger partial charge in [-0.1, -0.05) is 77.1 Å². The van der Waals surface area contributed by atoms with Crippen LogP contribution < -0.4 is 4.74 Å². The van der Waals surface area contributed by atoms with Crippen LogP contribution in [0.2, 0.25) is 0 Å². The van der Waals surface area contributed by atoms with E-state index >= 15 is 0 Å². The Labute approximate surface area is 163 Å². The van der Waals surface area contributed by atoms with Crippen molar-refractivity contribution in [1.29, 1.82) is 0 Å². The van der Waals surface area contributed by atoms with Gasteiger partial charge < -0.3 is 4.74 Å². The van der Waals surface area contributed by atoms with E-state index in [2.05, 4.69) is 97.0 Å². The van der Waals surface area contributed by atoms with E-state index in [1.165, 1.54) is 38.6 Å². The van der Waals surface area contributed by atoms with Crippen molar-refractivity contribution in [3.8, 4) is 16.9 Å². The van der Waals surface area contributed by atoms with Gasteiger partial charge >= 0.3 is 0 Å². The second kappa shape index (κ2) is 5.86. The highest BCUT2D eigenvalue weighted by atomic mass is 16.5. The minimum absolute atomic E-state index is 0.111. The zero-order valence-corrected chi connectivity index (χ0v) is 17.6. The summed E-state index contributed by atoms with van der Waals surface area (Å²) in [5.74, 6) is 1.53. The first-order valence-electron chi connectivity index (χ1n) is 9.99. The third-order valence-electron chi connectivity index (χ3n) is 5.82. The maximum atomic E-state index is 6.57. The smallest absolute Gasteiger partial charge is 0.130 e. The zero-order valence-electron chi connectivity index (χ0n) is 17.6. The van der Waals surface area contributed by atoms with Crippen LogP contribution >= 0.6 is 0 Å². The Morgan fingerprint density at radius 2 is 1.56 bits per heavy atom. The van der Waals surface area contributed by atoms with E-state index in [0.29, 0.717) is 5.92 Å². The van der Waals surface area contributed by atoms with E-state index in [-0.39, 0.29) is 11.0 Å². The standard InChI is InChI=1S/C26H30O/c1-16(2)17-8-11-20-18(14-17)9-12-22-21-13-10-19(25(3,4)5)15-23(21)27-26(6,7)24(20)22/h8-16H,1-7H3. The molecule has 0 saturated heterocycles. The van der Waals surface area contributed by atoms with E-state index in [1.807, 2.05) is 0 Å². The quantitative estimate of drug-likeness (QED) is 0.436. The molecule has 0 atom stereocenters. The van der Waals surface area contributed by atoms with Gasteiger partial charge in [-0.25, -0.2) is 0 Å². The molecule has 0 bridgehead atoms. The molecule has 0 spiro atoms. The van der Waals surface area contributed by atoms with Gasteiger partial charge in [-0.3, -0.25) is 0 Å². The molecule has 0 fully saturated rings. The van der Waals surface area contributed by atoms with E-state index in [9.17, 15) is 0 Å². The van der Waals surface area contributed by atoms with Gasteiger partial charge in [-0.15, -0.1) is 0 Å². The van der Waals surface area contributed by atoms with Gasteiger partial charge in [0, 0.05) is 11.1 Å². The lowest BCUT2D eigenvalue weighted by atomic mass is 9.80. The Hall–Kier alpha value is -2.28. The van der Waals surface area contributed by atoms with Crippen LogP contribution in [0.3, 0.4) is 0 Å². The van der Waals surface area contributed by atoms with Gasteiger partial charge in [-0.2, -0.15) is 0 Å². The van der Waals surface area contributed by atoms with Crippen LogP contribution in [0.1, 0.15) is 71.1 Å². The molecule has 0 aliphatic carbocycles. The number of fused-ring (bicyclic) bond motifs is 5. The molecule has 1 aliphatic heterocycles. The number of ether oxygens (including phenoxy) is 1. The van der Waals surface area contributed by atoms with Gasteiger partial charge in [-0.05, 0) is 58.7 Å². The Morgan fingerprint density at radius 3 is 2.22 bits per heavy atom. The molecule has 1 aliphatic rings. The molecule has 0 saturated carbocycles. The summed E-state index contributed by atoms with van der Waals surface area (Å²) in [7, 11) is 0. The number of hydrogen-bond acceptors (Lipinski definition) is 1. The fourth-order valence-corrected chi connectivity index (χ4v) is 4.20. The highest BCUT2D eigenvalue weighted by Crippen LogP contribution is 2.48. The van der Waals surface area contributed by atoms with Crippen molar-refractivity contribution in [1.82, 2.24) is 0 Å². The molecule has 0 unspecified atom stereocenters. The van der Waals surface area contributed by atoms with Gasteiger partial charge in [0.2, 0.25) is 0 Å². The lowest BCUT2D eigenvalue weighted by Gasteiger charge is -2.37. The van der Waals surface area contributed by atoms with Crippen molar-refractivity contribution in [3.63, 3.8) is 0 Å². The summed E-state index contributed by atoms with van der Waals surface area (Å²) in [4.78, 5) is 0. The molecule has 1 nitrogen and oxygen atoms in total. The van der Waals surface area contributed by atoms with Gasteiger partial charge in [0.25, 0.3) is 0 Å². The summed E-state index contributed by atoms with van der Waals surface area (Å²) in [6.07, 6.45) is 0. The molecule has 4 rings (SSSR count). The third kappa shape index (κ3) is 2.94. The Kier molecular flexibility index (Phi) is 3.93.